The van der Waals surface area contributed by atoms with Crippen molar-refractivity contribution < 1.29 is 13.2 Å². The molecule has 1 N–H and O–H groups in total. The standard InChI is InChI=1S/C20H22N4O3S3/c1-14-12-15(2)24(22-14)17-5-3-4-16(13-17)21-20(25)19-18(6-9-29-19)30(26,27)23-7-10-28-11-8-23/h3-6,9,12-13H,7-8,10-11H2,1-2H3,(H,21,25). The zero-order valence-corrected chi connectivity index (χ0v) is 19.1. The van der Waals surface area contributed by atoms with Crippen molar-refractivity contribution >= 4 is 44.7 Å². The summed E-state index contributed by atoms with van der Waals surface area (Å²) in [6, 6.07) is 10.8. The number of nitrogens with zero attached hydrogens (tertiary/aromatic N) is 3. The van der Waals surface area contributed by atoms with E-state index >= 15 is 0 Å². The van der Waals surface area contributed by atoms with Crippen LogP contribution in [-0.4, -0.2) is 53.0 Å². The fourth-order valence-electron chi connectivity index (χ4n) is 3.39. The zero-order valence-electron chi connectivity index (χ0n) is 16.7. The van der Waals surface area contributed by atoms with Gasteiger partial charge in [0.2, 0.25) is 10.0 Å². The van der Waals surface area contributed by atoms with Crippen molar-refractivity contribution in [2.24, 2.45) is 0 Å². The maximum atomic E-state index is 13.0. The molecule has 1 amide bonds. The summed E-state index contributed by atoms with van der Waals surface area (Å²) in [4.78, 5) is 13.2. The van der Waals surface area contributed by atoms with Crippen molar-refractivity contribution in [2.45, 2.75) is 18.7 Å². The Kier molecular flexibility index (Phi) is 6.01. The molecule has 0 unspecified atom stereocenters. The summed E-state index contributed by atoms with van der Waals surface area (Å²) in [6.45, 7) is 4.82. The van der Waals surface area contributed by atoms with E-state index in [4.69, 9.17) is 0 Å². The molecule has 3 aromatic rings. The first-order valence-electron chi connectivity index (χ1n) is 9.47. The molecule has 30 heavy (non-hydrogen) atoms. The molecule has 158 valence electrons. The van der Waals surface area contributed by atoms with Gasteiger partial charge in [0.15, 0.2) is 0 Å². The molecule has 0 bridgehead atoms. The van der Waals surface area contributed by atoms with Crippen LogP contribution >= 0.6 is 23.1 Å². The molecule has 0 atom stereocenters. The van der Waals surface area contributed by atoms with Crippen LogP contribution in [0.5, 0.6) is 0 Å². The number of benzene rings is 1. The highest BCUT2D eigenvalue weighted by Gasteiger charge is 2.31. The van der Waals surface area contributed by atoms with Gasteiger partial charge < -0.3 is 5.32 Å². The number of sulfonamides is 1. The van der Waals surface area contributed by atoms with Gasteiger partial charge >= 0.3 is 0 Å². The first-order valence-corrected chi connectivity index (χ1v) is 12.9. The Labute approximate surface area is 184 Å². The van der Waals surface area contributed by atoms with E-state index in [0.717, 1.165) is 39.9 Å². The Morgan fingerprint density at radius 1 is 1.13 bits per heavy atom. The van der Waals surface area contributed by atoms with Crippen LogP contribution in [0.3, 0.4) is 0 Å². The van der Waals surface area contributed by atoms with Crippen molar-refractivity contribution in [1.82, 2.24) is 14.1 Å². The number of thiophene rings is 1. The molecule has 0 aliphatic carbocycles. The average Bonchev–Trinajstić information content (AvgIpc) is 3.36. The van der Waals surface area contributed by atoms with Crippen molar-refractivity contribution in [3.05, 3.63) is 58.0 Å². The normalized spacial score (nSPS) is 15.3. The molecule has 1 fully saturated rings. The van der Waals surface area contributed by atoms with Crippen LogP contribution in [0.25, 0.3) is 5.69 Å². The highest BCUT2D eigenvalue weighted by atomic mass is 32.2. The van der Waals surface area contributed by atoms with Gasteiger partial charge in [-0.25, -0.2) is 13.1 Å². The minimum absolute atomic E-state index is 0.0756. The molecule has 0 spiro atoms. The van der Waals surface area contributed by atoms with Crippen LogP contribution in [0, 0.1) is 13.8 Å². The highest BCUT2D eigenvalue weighted by molar-refractivity contribution is 7.99. The minimum atomic E-state index is -3.69. The van der Waals surface area contributed by atoms with E-state index in [9.17, 15) is 13.2 Å². The number of carbonyl (C=O) groups excluding carboxylic acids is 1. The number of nitrogens with one attached hydrogen (secondary N) is 1. The minimum Gasteiger partial charge on any atom is -0.321 e. The predicted molar refractivity (Wildman–Crippen MR) is 121 cm³/mol. The SMILES string of the molecule is Cc1cc(C)n(-c2cccc(NC(=O)c3sccc3S(=O)(=O)N3CCSCC3)c2)n1. The number of hydrogen-bond donors (Lipinski definition) is 1. The summed E-state index contributed by atoms with van der Waals surface area (Å²) >= 11 is 2.87. The van der Waals surface area contributed by atoms with Crippen molar-refractivity contribution in [3.63, 3.8) is 0 Å². The van der Waals surface area contributed by atoms with Crippen LogP contribution < -0.4 is 5.32 Å². The number of hydrogen-bond acceptors (Lipinski definition) is 6. The topological polar surface area (TPSA) is 84.3 Å². The van der Waals surface area contributed by atoms with Crippen LogP contribution in [0.4, 0.5) is 5.69 Å². The first-order chi connectivity index (χ1) is 14.4. The Bertz CT molecular complexity index is 1180. The van der Waals surface area contributed by atoms with E-state index in [0.29, 0.717) is 18.8 Å². The Morgan fingerprint density at radius 2 is 1.90 bits per heavy atom. The lowest BCUT2D eigenvalue weighted by molar-refractivity contribution is 0.102. The average molecular weight is 463 g/mol. The van der Waals surface area contributed by atoms with Gasteiger partial charge in [0, 0.05) is 36.0 Å². The first kappa shape index (κ1) is 21.1. The Balaban J connectivity index is 1.58. The van der Waals surface area contributed by atoms with Crippen LogP contribution in [-0.2, 0) is 10.0 Å². The number of anilines is 1. The number of aryl methyl sites for hydroxylation is 2. The summed E-state index contributed by atoms with van der Waals surface area (Å²) in [6.07, 6.45) is 0. The molecule has 10 heteroatoms. The van der Waals surface area contributed by atoms with Gasteiger partial charge in [-0.2, -0.15) is 21.2 Å². The van der Waals surface area contributed by atoms with E-state index in [1.807, 2.05) is 38.1 Å². The third kappa shape index (κ3) is 4.18. The second-order valence-electron chi connectivity index (χ2n) is 6.97. The molecule has 3 heterocycles. The lowest BCUT2D eigenvalue weighted by atomic mass is 10.2. The molecule has 0 radical (unpaired) electrons. The third-order valence-corrected chi connectivity index (χ3v) is 8.71. The fraction of sp³-hybridized carbons (Fsp3) is 0.300. The smallest absolute Gasteiger partial charge is 0.267 e. The van der Waals surface area contributed by atoms with Crippen LogP contribution in [0.1, 0.15) is 21.1 Å². The summed E-state index contributed by atoms with van der Waals surface area (Å²) < 4.78 is 29.3. The zero-order chi connectivity index (χ0) is 21.3. The van der Waals surface area contributed by atoms with Gasteiger partial charge in [0.1, 0.15) is 9.77 Å². The van der Waals surface area contributed by atoms with Crippen molar-refractivity contribution in [1.29, 1.82) is 0 Å². The molecule has 1 aliphatic heterocycles. The fourth-order valence-corrected chi connectivity index (χ4v) is 7.26. The van der Waals surface area contributed by atoms with Gasteiger partial charge in [-0.3, -0.25) is 4.79 Å². The molecule has 1 aliphatic rings. The molecule has 2 aromatic heterocycles. The summed E-state index contributed by atoms with van der Waals surface area (Å²) in [5, 5.41) is 8.95. The van der Waals surface area contributed by atoms with E-state index in [2.05, 4.69) is 10.4 Å². The molecule has 1 aromatic carbocycles. The number of aromatic nitrogens is 2. The molecule has 0 saturated carbocycles. The van der Waals surface area contributed by atoms with E-state index < -0.39 is 15.9 Å². The molecule has 4 rings (SSSR count). The van der Waals surface area contributed by atoms with Gasteiger partial charge in [0.25, 0.3) is 5.91 Å². The monoisotopic (exact) mass is 462 g/mol. The summed E-state index contributed by atoms with van der Waals surface area (Å²) in [5.41, 5.74) is 3.30. The predicted octanol–water partition coefficient (Wildman–Crippen LogP) is 3.54. The number of carbonyl (C=O) groups is 1. The van der Waals surface area contributed by atoms with Gasteiger partial charge in [0.05, 0.1) is 11.4 Å². The van der Waals surface area contributed by atoms with Gasteiger partial charge in [-0.05, 0) is 49.6 Å². The van der Waals surface area contributed by atoms with Crippen LogP contribution in [0.15, 0.2) is 46.7 Å². The molecule has 7 nitrogen and oxygen atoms in total. The van der Waals surface area contributed by atoms with E-state index in [1.54, 1.807) is 27.9 Å². The lowest BCUT2D eigenvalue weighted by Gasteiger charge is -2.25. The van der Waals surface area contributed by atoms with Gasteiger partial charge in [-0.1, -0.05) is 6.07 Å². The summed E-state index contributed by atoms with van der Waals surface area (Å²) in [7, 11) is -3.69. The lowest BCUT2D eigenvalue weighted by Crippen LogP contribution is -2.38. The maximum absolute atomic E-state index is 13.0. The second-order valence-corrected chi connectivity index (χ2v) is 11.0. The summed E-state index contributed by atoms with van der Waals surface area (Å²) in [5.74, 6) is 1.11. The van der Waals surface area contributed by atoms with E-state index in [-0.39, 0.29) is 9.77 Å². The van der Waals surface area contributed by atoms with Gasteiger partial charge in [-0.15, -0.1) is 11.3 Å². The van der Waals surface area contributed by atoms with Crippen LogP contribution in [0.2, 0.25) is 0 Å². The third-order valence-electron chi connectivity index (χ3n) is 4.78. The molecular formula is C20H22N4O3S3. The Morgan fingerprint density at radius 3 is 2.60 bits per heavy atom. The molecule has 1 saturated heterocycles. The number of thioether (sulfide) groups is 1. The van der Waals surface area contributed by atoms with E-state index in [1.165, 1.54) is 10.4 Å². The number of rotatable bonds is 5. The quantitative estimate of drug-likeness (QED) is 0.627. The van der Waals surface area contributed by atoms with Crippen molar-refractivity contribution in [3.8, 4) is 5.69 Å². The van der Waals surface area contributed by atoms with Crippen molar-refractivity contribution in [2.75, 3.05) is 29.9 Å². The largest absolute Gasteiger partial charge is 0.321 e. The maximum Gasteiger partial charge on any atom is 0.267 e. The molecular weight excluding hydrogens is 440 g/mol. The number of amides is 1. The highest BCUT2D eigenvalue weighted by Crippen LogP contribution is 2.28. The second kappa shape index (κ2) is 8.54. The Hall–Kier alpha value is -2.14.